The molecule has 0 saturated carbocycles. The average Bonchev–Trinajstić information content (AvgIpc) is 2.37. The minimum Gasteiger partial charge on any atom is -0.299 e. The lowest BCUT2D eigenvalue weighted by atomic mass is 9.84. The van der Waals surface area contributed by atoms with Crippen LogP contribution in [0, 0.1) is 5.92 Å². The lowest BCUT2D eigenvalue weighted by Crippen LogP contribution is -2.17. The van der Waals surface area contributed by atoms with Gasteiger partial charge in [0.2, 0.25) is 0 Å². The summed E-state index contributed by atoms with van der Waals surface area (Å²) in [5.41, 5.74) is 1.16. The van der Waals surface area contributed by atoms with Crippen LogP contribution < -0.4 is 0 Å². The third-order valence-electron chi connectivity index (χ3n) is 3.07. The van der Waals surface area contributed by atoms with Gasteiger partial charge in [0.25, 0.3) is 0 Å². The van der Waals surface area contributed by atoms with E-state index in [9.17, 15) is 4.79 Å². The first kappa shape index (κ1) is 15.3. The van der Waals surface area contributed by atoms with E-state index in [4.69, 9.17) is 0 Å². The van der Waals surface area contributed by atoms with Gasteiger partial charge >= 0.3 is 0 Å². The highest BCUT2D eigenvalue weighted by Crippen LogP contribution is 2.28. The molecule has 100 valence electrons. The maximum Gasteiger partial charge on any atom is 0.140 e. The van der Waals surface area contributed by atoms with Crippen molar-refractivity contribution < 1.29 is 4.79 Å². The lowest BCUT2D eigenvalue weighted by molar-refractivity contribution is -0.121. The largest absolute Gasteiger partial charge is 0.299 e. The molecule has 1 unspecified atom stereocenters. The minimum absolute atomic E-state index is 0.0558. The predicted octanol–water partition coefficient (Wildman–Crippen LogP) is 4.91. The summed E-state index contributed by atoms with van der Waals surface area (Å²) in [6.45, 7) is 8.38. The van der Waals surface area contributed by atoms with Crippen LogP contribution in [-0.2, 0) is 4.79 Å². The summed E-state index contributed by atoms with van der Waals surface area (Å²) in [7, 11) is 0. The fraction of sp³-hybridized carbons (Fsp3) is 0.562. The van der Waals surface area contributed by atoms with E-state index < -0.39 is 0 Å². The highest BCUT2D eigenvalue weighted by Gasteiger charge is 2.22. The molecule has 0 heterocycles. The summed E-state index contributed by atoms with van der Waals surface area (Å²) >= 11 is 1.88. The molecule has 0 fully saturated rings. The Balaban J connectivity index is 2.84. The zero-order chi connectivity index (χ0) is 13.5. The van der Waals surface area contributed by atoms with Crippen molar-refractivity contribution in [1.29, 1.82) is 0 Å². The summed E-state index contributed by atoms with van der Waals surface area (Å²) in [6.07, 6.45) is 1.81. The summed E-state index contributed by atoms with van der Waals surface area (Å²) in [4.78, 5) is 13.3. The molecule has 1 rings (SSSR count). The van der Waals surface area contributed by atoms with Gasteiger partial charge in [-0.05, 0) is 35.8 Å². The second-order valence-corrected chi connectivity index (χ2v) is 6.13. The normalized spacial score (nSPS) is 12.7. The van der Waals surface area contributed by atoms with Crippen LogP contribution in [0.15, 0.2) is 29.2 Å². The predicted molar refractivity (Wildman–Crippen MR) is 80.3 cm³/mol. The molecule has 0 spiro atoms. The van der Waals surface area contributed by atoms with Crippen LogP contribution in [0.25, 0.3) is 0 Å². The number of Topliss-reactive ketones (excluding diaryl/α,β-unsaturated/α-hetero) is 1. The van der Waals surface area contributed by atoms with Crippen LogP contribution in [0.5, 0.6) is 0 Å². The first-order valence-electron chi connectivity index (χ1n) is 6.85. The Bertz CT molecular complexity index is 367. The maximum absolute atomic E-state index is 12.0. The van der Waals surface area contributed by atoms with Crippen molar-refractivity contribution in [2.24, 2.45) is 5.92 Å². The van der Waals surface area contributed by atoms with Gasteiger partial charge in [0.15, 0.2) is 0 Å². The van der Waals surface area contributed by atoms with E-state index >= 15 is 0 Å². The van der Waals surface area contributed by atoms with Crippen molar-refractivity contribution in [2.75, 3.05) is 5.75 Å². The van der Waals surface area contributed by atoms with Crippen molar-refractivity contribution >= 4 is 17.5 Å². The molecule has 0 N–H and O–H groups in total. The molecule has 0 aliphatic heterocycles. The monoisotopic (exact) mass is 264 g/mol. The summed E-state index contributed by atoms with van der Waals surface area (Å²) in [5.74, 6) is 1.92. The van der Waals surface area contributed by atoms with Crippen LogP contribution in [0.3, 0.4) is 0 Å². The Morgan fingerprint density at radius 2 is 1.78 bits per heavy atom. The molecule has 0 radical (unpaired) electrons. The third-order valence-corrected chi connectivity index (χ3v) is 4.29. The number of hydrogen-bond acceptors (Lipinski definition) is 2. The molecular weight excluding hydrogens is 240 g/mol. The van der Waals surface area contributed by atoms with E-state index in [0.29, 0.717) is 18.1 Å². The van der Waals surface area contributed by atoms with Gasteiger partial charge in [-0.25, -0.2) is 0 Å². The fourth-order valence-electron chi connectivity index (χ4n) is 2.15. The molecule has 0 aliphatic rings. The minimum atomic E-state index is 0.0558. The standard InChI is InChI=1S/C16H24OS/c1-5-11-18-14-9-7-13(8-10-14)16(12(3)4)15(17)6-2/h7-10,12,16H,5-6,11H2,1-4H3. The number of ketones is 1. The molecule has 1 aromatic rings. The number of rotatable bonds is 7. The van der Waals surface area contributed by atoms with Crippen molar-refractivity contribution in [2.45, 2.75) is 51.3 Å². The molecular formula is C16H24OS. The molecule has 2 heteroatoms. The number of carbonyl (C=O) groups is 1. The van der Waals surface area contributed by atoms with E-state index in [1.807, 2.05) is 18.7 Å². The molecule has 1 aromatic carbocycles. The van der Waals surface area contributed by atoms with Crippen LogP contribution in [0.4, 0.5) is 0 Å². The average molecular weight is 264 g/mol. The Kier molecular flexibility index (Phi) is 6.48. The van der Waals surface area contributed by atoms with Gasteiger partial charge in [-0.3, -0.25) is 4.79 Å². The summed E-state index contributed by atoms with van der Waals surface area (Å²) in [6, 6.07) is 8.54. The number of thioether (sulfide) groups is 1. The second kappa shape index (κ2) is 7.63. The molecule has 0 bridgehead atoms. The second-order valence-electron chi connectivity index (χ2n) is 4.96. The van der Waals surface area contributed by atoms with Gasteiger partial charge in [0, 0.05) is 17.2 Å². The fourth-order valence-corrected chi connectivity index (χ4v) is 2.92. The molecule has 1 nitrogen and oxygen atoms in total. The van der Waals surface area contributed by atoms with Crippen molar-refractivity contribution in [3.63, 3.8) is 0 Å². The third kappa shape index (κ3) is 4.16. The van der Waals surface area contributed by atoms with Gasteiger partial charge in [0.1, 0.15) is 5.78 Å². The Labute approximate surface area is 115 Å². The van der Waals surface area contributed by atoms with Gasteiger partial charge in [0.05, 0.1) is 0 Å². The molecule has 0 saturated heterocycles. The highest BCUT2D eigenvalue weighted by molar-refractivity contribution is 7.99. The van der Waals surface area contributed by atoms with Crippen molar-refractivity contribution in [3.8, 4) is 0 Å². The molecule has 0 aliphatic carbocycles. The van der Waals surface area contributed by atoms with Crippen LogP contribution >= 0.6 is 11.8 Å². The van der Waals surface area contributed by atoms with Gasteiger partial charge < -0.3 is 0 Å². The smallest absolute Gasteiger partial charge is 0.140 e. The first-order chi connectivity index (χ1) is 8.60. The van der Waals surface area contributed by atoms with Gasteiger partial charge in [-0.15, -0.1) is 11.8 Å². The quantitative estimate of drug-likeness (QED) is 0.651. The van der Waals surface area contributed by atoms with E-state index in [1.54, 1.807) is 0 Å². The van der Waals surface area contributed by atoms with Crippen molar-refractivity contribution in [1.82, 2.24) is 0 Å². The number of carbonyl (C=O) groups excluding carboxylic acids is 1. The van der Waals surface area contributed by atoms with E-state index in [-0.39, 0.29) is 5.92 Å². The molecule has 18 heavy (non-hydrogen) atoms. The van der Waals surface area contributed by atoms with E-state index in [1.165, 1.54) is 11.3 Å². The first-order valence-corrected chi connectivity index (χ1v) is 7.84. The van der Waals surface area contributed by atoms with Gasteiger partial charge in [-0.1, -0.05) is 39.8 Å². The van der Waals surface area contributed by atoms with E-state index in [2.05, 4.69) is 45.0 Å². The SMILES string of the molecule is CCCSc1ccc(C(C(=O)CC)C(C)C)cc1. The molecule has 0 aromatic heterocycles. The van der Waals surface area contributed by atoms with Crippen LogP contribution in [0.1, 0.15) is 52.0 Å². The zero-order valence-electron chi connectivity index (χ0n) is 11.9. The Morgan fingerprint density at radius 3 is 2.22 bits per heavy atom. The van der Waals surface area contributed by atoms with Gasteiger partial charge in [-0.2, -0.15) is 0 Å². The molecule has 0 amide bonds. The zero-order valence-corrected chi connectivity index (χ0v) is 12.7. The summed E-state index contributed by atoms with van der Waals surface area (Å²) in [5, 5.41) is 0. The van der Waals surface area contributed by atoms with E-state index in [0.717, 1.165) is 11.3 Å². The highest BCUT2D eigenvalue weighted by atomic mass is 32.2. The molecule has 1 atom stereocenters. The van der Waals surface area contributed by atoms with Crippen LogP contribution in [0.2, 0.25) is 0 Å². The van der Waals surface area contributed by atoms with Crippen molar-refractivity contribution in [3.05, 3.63) is 29.8 Å². The maximum atomic E-state index is 12.0. The topological polar surface area (TPSA) is 17.1 Å². The van der Waals surface area contributed by atoms with Crippen LogP contribution in [-0.4, -0.2) is 11.5 Å². The lowest BCUT2D eigenvalue weighted by Gasteiger charge is -2.19. The Morgan fingerprint density at radius 1 is 1.17 bits per heavy atom. The Hall–Kier alpha value is -0.760. The summed E-state index contributed by atoms with van der Waals surface area (Å²) < 4.78 is 0. The number of hydrogen-bond donors (Lipinski definition) is 0. The number of benzene rings is 1.